The van der Waals surface area contributed by atoms with E-state index in [0.29, 0.717) is 31.2 Å². The maximum Gasteiger partial charge on any atom is 0.224 e. The number of carbonyl (C=O) groups is 1. The molecule has 1 aliphatic rings. The van der Waals surface area contributed by atoms with Crippen LogP contribution in [0.1, 0.15) is 12.0 Å². The van der Waals surface area contributed by atoms with Crippen molar-refractivity contribution in [2.24, 2.45) is 0 Å². The van der Waals surface area contributed by atoms with E-state index in [1.165, 1.54) is 0 Å². The monoisotopic (exact) mass is 348 g/mol. The molecule has 0 aliphatic carbocycles. The van der Waals surface area contributed by atoms with Gasteiger partial charge in [-0.3, -0.25) is 4.79 Å². The third kappa shape index (κ3) is 5.32. The predicted octanol–water partition coefficient (Wildman–Crippen LogP) is 2.11. The molecule has 0 radical (unpaired) electrons. The number of morpholine rings is 1. The first-order chi connectivity index (χ1) is 10.1. The summed E-state index contributed by atoms with van der Waals surface area (Å²) in [5.74, 6) is 0.804. The minimum absolute atomic E-state index is 0. The van der Waals surface area contributed by atoms with E-state index in [-0.39, 0.29) is 24.4 Å². The van der Waals surface area contributed by atoms with Gasteiger partial charge >= 0.3 is 0 Å². The molecule has 1 atom stereocenters. The molecule has 1 aromatic carbocycles. The third-order valence-corrected chi connectivity index (χ3v) is 3.73. The van der Waals surface area contributed by atoms with Crippen LogP contribution in [0, 0.1) is 0 Å². The molecule has 1 aliphatic heterocycles. The molecule has 1 aromatic rings. The summed E-state index contributed by atoms with van der Waals surface area (Å²) in [6.07, 6.45) is 0.430. The van der Waals surface area contributed by atoms with Gasteiger partial charge in [-0.25, -0.2) is 0 Å². The van der Waals surface area contributed by atoms with E-state index in [1.807, 2.05) is 12.1 Å². The molecule has 0 bridgehead atoms. The van der Waals surface area contributed by atoms with Crippen molar-refractivity contribution >= 4 is 29.9 Å². The van der Waals surface area contributed by atoms with E-state index in [1.54, 1.807) is 25.1 Å². The van der Waals surface area contributed by atoms with E-state index in [9.17, 15) is 4.79 Å². The number of ether oxygens (including phenoxy) is 2. The van der Waals surface area contributed by atoms with E-state index >= 15 is 0 Å². The summed E-state index contributed by atoms with van der Waals surface area (Å²) < 4.78 is 10.7. The van der Waals surface area contributed by atoms with Crippen LogP contribution in [0.3, 0.4) is 0 Å². The molecule has 0 aromatic heterocycles. The third-order valence-electron chi connectivity index (χ3n) is 3.50. The standard InChI is InChI=1S/C15H21ClN2O3.ClH/c1-18(15(19)8-13-10-21-6-5-17-13)9-11-7-12(16)3-4-14(11)20-2;/h3-4,7,13,17H,5-6,8-10H2,1-2H3;1H. The Hall–Kier alpha value is -1.01. The Morgan fingerprint density at radius 1 is 1.55 bits per heavy atom. The number of amides is 1. The second kappa shape index (κ2) is 9.20. The molecule has 1 amide bonds. The summed E-state index contributed by atoms with van der Waals surface area (Å²) in [5.41, 5.74) is 0.897. The van der Waals surface area contributed by atoms with Gasteiger partial charge in [-0.2, -0.15) is 0 Å². The number of benzene rings is 1. The number of nitrogens with one attached hydrogen (secondary N) is 1. The van der Waals surface area contributed by atoms with E-state index in [0.717, 1.165) is 17.9 Å². The Morgan fingerprint density at radius 2 is 2.32 bits per heavy atom. The second-order valence-electron chi connectivity index (χ2n) is 5.14. The molecule has 1 heterocycles. The predicted molar refractivity (Wildman–Crippen MR) is 89.0 cm³/mol. The van der Waals surface area contributed by atoms with Crippen LogP contribution in [0.2, 0.25) is 5.02 Å². The number of halogens is 2. The molecule has 22 heavy (non-hydrogen) atoms. The van der Waals surface area contributed by atoms with E-state index < -0.39 is 0 Å². The normalized spacial score (nSPS) is 17.5. The van der Waals surface area contributed by atoms with Gasteiger partial charge in [0.05, 0.1) is 20.3 Å². The number of carbonyl (C=O) groups excluding carboxylic acids is 1. The van der Waals surface area contributed by atoms with Crippen molar-refractivity contribution < 1.29 is 14.3 Å². The molecule has 2 rings (SSSR count). The van der Waals surface area contributed by atoms with Gasteiger partial charge in [0.1, 0.15) is 5.75 Å². The number of methoxy groups -OCH3 is 1. The molecular weight excluding hydrogens is 327 g/mol. The molecule has 7 heteroatoms. The lowest BCUT2D eigenvalue weighted by Gasteiger charge is -2.26. The van der Waals surface area contributed by atoms with Crippen LogP contribution in [-0.4, -0.2) is 50.8 Å². The van der Waals surface area contributed by atoms with Crippen LogP contribution in [0.25, 0.3) is 0 Å². The summed E-state index contributed by atoms with van der Waals surface area (Å²) in [7, 11) is 3.39. The minimum Gasteiger partial charge on any atom is -0.496 e. The molecule has 1 unspecified atom stereocenters. The molecule has 1 fully saturated rings. The lowest BCUT2D eigenvalue weighted by Crippen LogP contribution is -2.44. The van der Waals surface area contributed by atoms with Gasteiger partial charge in [-0.15, -0.1) is 12.4 Å². The molecule has 5 nitrogen and oxygen atoms in total. The van der Waals surface area contributed by atoms with Gasteiger partial charge in [0.25, 0.3) is 0 Å². The van der Waals surface area contributed by atoms with Crippen molar-refractivity contribution in [3.05, 3.63) is 28.8 Å². The molecule has 0 saturated carbocycles. The Morgan fingerprint density at radius 3 is 2.95 bits per heavy atom. The topological polar surface area (TPSA) is 50.8 Å². The fraction of sp³-hybridized carbons (Fsp3) is 0.533. The van der Waals surface area contributed by atoms with Gasteiger partial charge in [0.2, 0.25) is 5.91 Å². The van der Waals surface area contributed by atoms with Crippen LogP contribution in [-0.2, 0) is 16.1 Å². The highest BCUT2D eigenvalue weighted by atomic mass is 35.5. The average molecular weight is 349 g/mol. The van der Waals surface area contributed by atoms with Crippen molar-refractivity contribution in [1.82, 2.24) is 10.2 Å². The Balaban J connectivity index is 0.00000242. The Labute approximate surface area is 142 Å². The van der Waals surface area contributed by atoms with Crippen LogP contribution in [0.4, 0.5) is 0 Å². The summed E-state index contributed by atoms with van der Waals surface area (Å²) in [5, 5.41) is 3.92. The van der Waals surface area contributed by atoms with Crippen molar-refractivity contribution in [2.75, 3.05) is 33.9 Å². The highest BCUT2D eigenvalue weighted by molar-refractivity contribution is 6.30. The summed E-state index contributed by atoms with van der Waals surface area (Å²) in [6, 6.07) is 5.50. The molecule has 124 valence electrons. The maximum absolute atomic E-state index is 12.3. The maximum atomic E-state index is 12.3. The zero-order valence-electron chi connectivity index (χ0n) is 12.8. The number of hydrogen-bond donors (Lipinski definition) is 1. The lowest BCUT2D eigenvalue weighted by atomic mass is 10.1. The van der Waals surface area contributed by atoms with Gasteiger partial charge in [-0.05, 0) is 18.2 Å². The van der Waals surface area contributed by atoms with E-state index in [4.69, 9.17) is 21.1 Å². The molecule has 1 N–H and O–H groups in total. The van der Waals surface area contributed by atoms with Crippen molar-refractivity contribution in [2.45, 2.75) is 19.0 Å². The number of nitrogens with zero attached hydrogens (tertiary/aromatic N) is 1. The zero-order chi connectivity index (χ0) is 15.2. The SMILES string of the molecule is COc1ccc(Cl)cc1CN(C)C(=O)CC1COCCN1.Cl. The van der Waals surface area contributed by atoms with Gasteiger partial charge in [0, 0.05) is 43.2 Å². The molecule has 0 spiro atoms. The van der Waals surface area contributed by atoms with Crippen molar-refractivity contribution in [1.29, 1.82) is 0 Å². The Bertz CT molecular complexity index is 494. The van der Waals surface area contributed by atoms with Gasteiger partial charge in [-0.1, -0.05) is 11.6 Å². The Kier molecular flexibility index (Phi) is 7.96. The first-order valence-corrected chi connectivity index (χ1v) is 7.35. The first kappa shape index (κ1) is 19.0. The highest BCUT2D eigenvalue weighted by Gasteiger charge is 2.20. The highest BCUT2D eigenvalue weighted by Crippen LogP contribution is 2.24. The van der Waals surface area contributed by atoms with Crippen molar-refractivity contribution in [3.63, 3.8) is 0 Å². The smallest absolute Gasteiger partial charge is 0.224 e. The van der Waals surface area contributed by atoms with Gasteiger partial charge < -0.3 is 19.7 Å². The van der Waals surface area contributed by atoms with Crippen LogP contribution < -0.4 is 10.1 Å². The molecular formula is C15H22Cl2N2O3. The summed E-state index contributed by atoms with van der Waals surface area (Å²) in [4.78, 5) is 13.9. The van der Waals surface area contributed by atoms with Gasteiger partial charge in [0.15, 0.2) is 0 Å². The first-order valence-electron chi connectivity index (χ1n) is 6.97. The lowest BCUT2D eigenvalue weighted by molar-refractivity contribution is -0.131. The molecule has 1 saturated heterocycles. The van der Waals surface area contributed by atoms with E-state index in [2.05, 4.69) is 5.32 Å². The number of rotatable bonds is 5. The fourth-order valence-electron chi connectivity index (χ4n) is 2.33. The largest absolute Gasteiger partial charge is 0.496 e. The van der Waals surface area contributed by atoms with Crippen molar-refractivity contribution in [3.8, 4) is 5.75 Å². The quantitative estimate of drug-likeness (QED) is 0.885. The fourth-order valence-corrected chi connectivity index (χ4v) is 2.53. The minimum atomic E-state index is 0. The zero-order valence-corrected chi connectivity index (χ0v) is 14.4. The van der Waals surface area contributed by atoms with Crippen LogP contribution >= 0.6 is 24.0 Å². The summed E-state index contributed by atoms with van der Waals surface area (Å²) >= 11 is 6.01. The van der Waals surface area contributed by atoms with Crippen LogP contribution in [0.15, 0.2) is 18.2 Å². The second-order valence-corrected chi connectivity index (χ2v) is 5.57. The average Bonchev–Trinajstić information content (AvgIpc) is 2.48. The number of hydrogen-bond acceptors (Lipinski definition) is 4. The summed E-state index contributed by atoms with van der Waals surface area (Å²) in [6.45, 7) is 2.56. The van der Waals surface area contributed by atoms with Crippen LogP contribution in [0.5, 0.6) is 5.75 Å².